The first-order valence-electron chi connectivity index (χ1n) is 9.08. The van der Waals surface area contributed by atoms with E-state index in [2.05, 4.69) is 10.5 Å². The van der Waals surface area contributed by atoms with Crippen molar-refractivity contribution in [2.75, 3.05) is 0 Å². The van der Waals surface area contributed by atoms with Crippen molar-refractivity contribution >= 4 is 41.1 Å². The maximum absolute atomic E-state index is 12.3. The van der Waals surface area contributed by atoms with Gasteiger partial charge in [0.1, 0.15) is 5.75 Å². The molecule has 0 aliphatic heterocycles. The Hall–Kier alpha value is -4.64. The second kappa shape index (κ2) is 10.1. The summed E-state index contributed by atoms with van der Waals surface area (Å²) in [4.78, 5) is 44.5. The summed E-state index contributed by atoms with van der Waals surface area (Å²) in [5.41, 5.74) is 1.74. The normalized spacial score (nSPS) is 10.6. The van der Waals surface area contributed by atoms with Crippen molar-refractivity contribution in [2.24, 2.45) is 5.10 Å². The Morgan fingerprint density at radius 1 is 0.879 bits per heavy atom. The van der Waals surface area contributed by atoms with Crippen molar-refractivity contribution < 1.29 is 24.2 Å². The van der Waals surface area contributed by atoms with E-state index >= 15 is 0 Å². The van der Waals surface area contributed by atoms with Gasteiger partial charge in [0.2, 0.25) is 0 Å². The van der Waals surface area contributed by atoms with Gasteiger partial charge in [-0.3, -0.25) is 25.0 Å². The second-order valence-electron chi connectivity index (χ2n) is 6.42. The van der Waals surface area contributed by atoms with Gasteiger partial charge in [0, 0.05) is 22.7 Å². The fourth-order valence-electron chi connectivity index (χ4n) is 2.54. The maximum atomic E-state index is 12.3. The number of nitrogens with zero attached hydrogens (tertiary/aromatic N) is 3. The van der Waals surface area contributed by atoms with Gasteiger partial charge in [-0.15, -0.1) is 0 Å². The lowest BCUT2D eigenvalue weighted by atomic mass is 10.1. The lowest BCUT2D eigenvalue weighted by Crippen LogP contribution is -2.17. The Labute approximate surface area is 190 Å². The van der Waals surface area contributed by atoms with E-state index in [1.807, 2.05) is 0 Å². The van der Waals surface area contributed by atoms with Crippen LogP contribution in [0.4, 0.5) is 11.4 Å². The number of esters is 1. The topological polar surface area (TPSA) is 154 Å². The molecule has 0 saturated carbocycles. The van der Waals surface area contributed by atoms with Gasteiger partial charge in [0.15, 0.2) is 0 Å². The fraction of sp³-hybridized carbons (Fsp3) is 0. The molecule has 166 valence electrons. The number of rotatable bonds is 7. The summed E-state index contributed by atoms with van der Waals surface area (Å²) < 4.78 is 5.13. The van der Waals surface area contributed by atoms with Crippen molar-refractivity contribution in [1.82, 2.24) is 5.43 Å². The second-order valence-corrected chi connectivity index (χ2v) is 6.85. The third-order valence-corrected chi connectivity index (χ3v) is 4.39. The SMILES string of the molecule is O=C(NN=Cc1ccc(OC(=O)c2cc([N+](=O)[O-])cc([N+](=O)[O-])c2)cc1)c1ccc(Cl)cc1. The number of nitrogens with one attached hydrogen (secondary N) is 1. The van der Waals surface area contributed by atoms with Crippen LogP contribution in [0.2, 0.25) is 5.02 Å². The van der Waals surface area contributed by atoms with Gasteiger partial charge in [-0.1, -0.05) is 11.6 Å². The van der Waals surface area contributed by atoms with E-state index in [9.17, 15) is 29.8 Å². The summed E-state index contributed by atoms with van der Waals surface area (Å²) in [6, 6.07) is 14.7. The molecule has 0 fully saturated rings. The minimum atomic E-state index is -1.00. The number of hydrogen-bond donors (Lipinski definition) is 1. The van der Waals surface area contributed by atoms with Crippen molar-refractivity contribution in [3.05, 3.63) is 109 Å². The Morgan fingerprint density at radius 2 is 1.45 bits per heavy atom. The maximum Gasteiger partial charge on any atom is 0.344 e. The van der Waals surface area contributed by atoms with Crippen LogP contribution >= 0.6 is 11.6 Å². The number of ether oxygens (including phenoxy) is 1. The Morgan fingerprint density at radius 3 is 2.00 bits per heavy atom. The Kier molecular flexibility index (Phi) is 7.06. The van der Waals surface area contributed by atoms with Crippen LogP contribution in [0, 0.1) is 20.2 Å². The number of benzene rings is 3. The molecular formula is C21H13ClN4O7. The van der Waals surface area contributed by atoms with E-state index in [0.717, 1.165) is 18.2 Å². The molecule has 12 heteroatoms. The predicted octanol–water partition coefficient (Wildman–Crippen LogP) is 4.14. The standard InChI is InChI=1S/C21H13ClN4O7/c22-16-5-3-14(4-6-16)20(27)24-23-12-13-1-7-19(8-2-13)33-21(28)15-9-17(25(29)30)11-18(10-15)26(31)32/h1-12H,(H,24,27). The molecule has 33 heavy (non-hydrogen) atoms. The molecule has 0 radical (unpaired) electrons. The number of amides is 1. The first-order chi connectivity index (χ1) is 15.7. The molecule has 11 nitrogen and oxygen atoms in total. The molecule has 0 heterocycles. The zero-order valence-corrected chi connectivity index (χ0v) is 17.3. The van der Waals surface area contributed by atoms with Crippen LogP contribution in [-0.2, 0) is 0 Å². The molecule has 0 aliphatic carbocycles. The monoisotopic (exact) mass is 468 g/mol. The molecule has 0 unspecified atom stereocenters. The summed E-state index contributed by atoms with van der Waals surface area (Å²) in [7, 11) is 0. The Bertz CT molecular complexity index is 1230. The third-order valence-electron chi connectivity index (χ3n) is 4.14. The van der Waals surface area contributed by atoms with Gasteiger partial charge in [-0.25, -0.2) is 10.2 Å². The molecule has 0 bridgehead atoms. The molecule has 3 aromatic carbocycles. The highest BCUT2D eigenvalue weighted by molar-refractivity contribution is 6.30. The van der Waals surface area contributed by atoms with Crippen molar-refractivity contribution in [3.63, 3.8) is 0 Å². The lowest BCUT2D eigenvalue weighted by Gasteiger charge is -2.05. The number of hydrazone groups is 1. The highest BCUT2D eigenvalue weighted by Crippen LogP contribution is 2.24. The molecule has 3 aromatic rings. The molecule has 1 N–H and O–H groups in total. The molecule has 0 spiro atoms. The molecule has 0 aromatic heterocycles. The quantitative estimate of drug-likeness (QED) is 0.179. The molecule has 0 saturated heterocycles. The summed E-state index contributed by atoms with van der Waals surface area (Å²) in [5.74, 6) is -1.34. The molecule has 0 atom stereocenters. The van der Waals surface area contributed by atoms with Crippen LogP contribution < -0.4 is 10.2 Å². The van der Waals surface area contributed by atoms with Crippen LogP contribution in [0.5, 0.6) is 5.75 Å². The lowest BCUT2D eigenvalue weighted by molar-refractivity contribution is -0.394. The minimum Gasteiger partial charge on any atom is -0.423 e. The smallest absolute Gasteiger partial charge is 0.344 e. The van der Waals surface area contributed by atoms with Gasteiger partial charge in [-0.05, 0) is 54.1 Å². The van der Waals surface area contributed by atoms with Crippen LogP contribution in [-0.4, -0.2) is 27.9 Å². The van der Waals surface area contributed by atoms with E-state index in [4.69, 9.17) is 16.3 Å². The van der Waals surface area contributed by atoms with Crippen molar-refractivity contribution in [1.29, 1.82) is 0 Å². The van der Waals surface area contributed by atoms with E-state index in [-0.39, 0.29) is 11.3 Å². The van der Waals surface area contributed by atoms with E-state index < -0.39 is 33.1 Å². The largest absolute Gasteiger partial charge is 0.423 e. The third kappa shape index (κ3) is 6.18. The number of carbonyl (C=O) groups excluding carboxylic acids is 2. The van der Waals surface area contributed by atoms with Gasteiger partial charge in [-0.2, -0.15) is 5.10 Å². The summed E-state index contributed by atoms with van der Waals surface area (Å²) in [5, 5.41) is 26.2. The number of nitro benzene ring substituents is 2. The average Bonchev–Trinajstić information content (AvgIpc) is 2.80. The zero-order valence-electron chi connectivity index (χ0n) is 16.5. The fourth-order valence-corrected chi connectivity index (χ4v) is 2.67. The number of halogens is 1. The van der Waals surface area contributed by atoms with Crippen molar-refractivity contribution in [3.8, 4) is 5.75 Å². The molecule has 1 amide bonds. The summed E-state index contributed by atoms with van der Waals surface area (Å²) in [6.07, 6.45) is 1.36. The minimum absolute atomic E-state index is 0.0940. The van der Waals surface area contributed by atoms with E-state index in [1.54, 1.807) is 24.3 Å². The molecular weight excluding hydrogens is 456 g/mol. The molecule has 3 rings (SSSR count). The Balaban J connectivity index is 1.64. The predicted molar refractivity (Wildman–Crippen MR) is 118 cm³/mol. The van der Waals surface area contributed by atoms with Gasteiger partial charge in [0.25, 0.3) is 17.3 Å². The van der Waals surface area contributed by atoms with E-state index in [1.165, 1.54) is 30.5 Å². The van der Waals surface area contributed by atoms with Gasteiger partial charge >= 0.3 is 5.97 Å². The summed E-state index contributed by atoms with van der Waals surface area (Å²) in [6.45, 7) is 0. The van der Waals surface area contributed by atoms with Gasteiger partial charge in [0.05, 0.1) is 27.7 Å². The average molecular weight is 469 g/mol. The summed E-state index contributed by atoms with van der Waals surface area (Å²) >= 11 is 5.77. The number of carbonyl (C=O) groups is 2. The molecule has 0 aliphatic rings. The van der Waals surface area contributed by atoms with Crippen LogP contribution in [0.15, 0.2) is 71.8 Å². The number of non-ortho nitro benzene ring substituents is 2. The van der Waals surface area contributed by atoms with Crippen LogP contribution in [0.1, 0.15) is 26.3 Å². The zero-order chi connectivity index (χ0) is 24.0. The first-order valence-corrected chi connectivity index (χ1v) is 9.46. The number of hydrogen-bond acceptors (Lipinski definition) is 8. The highest BCUT2D eigenvalue weighted by atomic mass is 35.5. The van der Waals surface area contributed by atoms with Gasteiger partial charge < -0.3 is 4.74 Å². The van der Waals surface area contributed by atoms with Crippen molar-refractivity contribution in [2.45, 2.75) is 0 Å². The first kappa shape index (κ1) is 23.0. The van der Waals surface area contributed by atoms with Crippen LogP contribution in [0.3, 0.4) is 0 Å². The van der Waals surface area contributed by atoms with E-state index in [0.29, 0.717) is 16.1 Å². The van der Waals surface area contributed by atoms with Crippen LogP contribution in [0.25, 0.3) is 0 Å². The number of nitro groups is 2. The highest BCUT2D eigenvalue weighted by Gasteiger charge is 2.21.